The summed E-state index contributed by atoms with van der Waals surface area (Å²) in [6.07, 6.45) is 3.14. The van der Waals surface area contributed by atoms with Crippen LogP contribution in [0.4, 0.5) is 0 Å². The molecule has 0 aromatic carbocycles. The van der Waals surface area contributed by atoms with Crippen LogP contribution in [0.2, 0.25) is 0 Å². The molecule has 2 fully saturated rings. The van der Waals surface area contributed by atoms with Crippen LogP contribution in [0, 0.1) is 5.92 Å². The second-order valence-electron chi connectivity index (χ2n) is 4.97. The van der Waals surface area contributed by atoms with E-state index in [0.717, 1.165) is 12.8 Å². The zero-order valence-electron chi connectivity index (χ0n) is 9.19. The fourth-order valence-corrected chi connectivity index (χ4v) is 2.81. The third-order valence-electron chi connectivity index (χ3n) is 3.48. The summed E-state index contributed by atoms with van der Waals surface area (Å²) in [6, 6.07) is 0.186. The van der Waals surface area contributed by atoms with Crippen molar-refractivity contribution in [1.82, 2.24) is 4.90 Å². The maximum atomic E-state index is 11.5. The van der Waals surface area contributed by atoms with E-state index in [-0.39, 0.29) is 11.9 Å². The molecule has 0 radical (unpaired) electrons. The lowest BCUT2D eigenvalue weighted by Gasteiger charge is -2.50. The first-order chi connectivity index (χ1) is 6.97. The fraction of sp³-hybridized carbons (Fsp3) is 0.818. The number of hydrogen-bond acceptors (Lipinski definition) is 2. The first-order valence-electron chi connectivity index (χ1n) is 5.50. The summed E-state index contributed by atoms with van der Waals surface area (Å²) in [7, 11) is 0. The summed E-state index contributed by atoms with van der Waals surface area (Å²) in [4.78, 5) is 24.5. The highest BCUT2D eigenvalue weighted by Gasteiger charge is 2.57. The van der Waals surface area contributed by atoms with Gasteiger partial charge in [0.15, 0.2) is 0 Å². The second-order valence-corrected chi connectivity index (χ2v) is 4.97. The quantitative estimate of drug-likeness (QED) is 0.764. The monoisotopic (exact) mass is 211 g/mol. The van der Waals surface area contributed by atoms with Gasteiger partial charge in [-0.3, -0.25) is 4.79 Å². The largest absolute Gasteiger partial charge is 0.479 e. The Bertz CT molecular complexity index is 303. The number of carbonyl (C=O) groups is 2. The topological polar surface area (TPSA) is 57.6 Å². The molecule has 4 nitrogen and oxygen atoms in total. The number of carboxylic acid groups (broad SMARTS) is 1. The molecule has 0 atom stereocenters. The number of aliphatic carboxylic acids is 1. The van der Waals surface area contributed by atoms with Gasteiger partial charge in [-0.15, -0.1) is 0 Å². The first-order valence-corrected chi connectivity index (χ1v) is 5.50. The first kappa shape index (κ1) is 10.5. The molecular formula is C11H17NO3. The van der Waals surface area contributed by atoms with Crippen molar-refractivity contribution >= 4 is 11.9 Å². The highest BCUT2D eigenvalue weighted by molar-refractivity contribution is 5.87. The van der Waals surface area contributed by atoms with Gasteiger partial charge in [-0.2, -0.15) is 0 Å². The lowest BCUT2D eigenvalue weighted by Crippen LogP contribution is -2.64. The highest BCUT2D eigenvalue weighted by atomic mass is 16.4. The Balaban J connectivity index is 2.23. The normalized spacial score (nSPS) is 34.4. The smallest absolute Gasteiger partial charge is 0.329 e. The van der Waals surface area contributed by atoms with Gasteiger partial charge in [0.05, 0.1) is 0 Å². The molecule has 0 saturated heterocycles. The molecular weight excluding hydrogens is 194 g/mol. The molecule has 2 aliphatic carbocycles. The molecule has 0 bridgehead atoms. The number of carbonyl (C=O) groups excluding carboxylic acids is 1. The van der Waals surface area contributed by atoms with E-state index in [1.165, 1.54) is 6.92 Å². The Kier molecular flexibility index (Phi) is 2.24. The summed E-state index contributed by atoms with van der Waals surface area (Å²) in [5, 5.41) is 9.30. The Hall–Kier alpha value is -1.06. The average Bonchev–Trinajstić information content (AvgIpc) is 2.83. The highest BCUT2D eigenvalue weighted by Crippen LogP contribution is 2.47. The second kappa shape index (κ2) is 3.22. The Morgan fingerprint density at radius 3 is 2.13 bits per heavy atom. The summed E-state index contributed by atoms with van der Waals surface area (Å²) in [5.41, 5.74) is -0.883. The molecule has 0 aromatic heterocycles. The zero-order valence-corrected chi connectivity index (χ0v) is 9.19. The molecule has 2 saturated carbocycles. The van der Waals surface area contributed by atoms with E-state index in [0.29, 0.717) is 18.8 Å². The van der Waals surface area contributed by atoms with Crippen LogP contribution in [-0.2, 0) is 9.59 Å². The van der Waals surface area contributed by atoms with E-state index >= 15 is 0 Å². The third-order valence-corrected chi connectivity index (χ3v) is 3.48. The van der Waals surface area contributed by atoms with Crippen molar-refractivity contribution in [2.75, 3.05) is 0 Å². The van der Waals surface area contributed by atoms with Gasteiger partial charge >= 0.3 is 5.97 Å². The number of rotatable bonds is 3. The van der Waals surface area contributed by atoms with Gasteiger partial charge < -0.3 is 10.0 Å². The van der Waals surface area contributed by atoms with Crippen molar-refractivity contribution in [3.8, 4) is 0 Å². The van der Waals surface area contributed by atoms with E-state index in [9.17, 15) is 14.7 Å². The standard InChI is InChI=1S/C11H17NO3/c1-7-5-11(6-7,10(14)15)12(8(2)13)9-3-4-9/h7,9H,3-6H2,1-2H3,(H,14,15). The fourth-order valence-electron chi connectivity index (χ4n) is 2.81. The van der Waals surface area contributed by atoms with Crippen LogP contribution in [0.3, 0.4) is 0 Å². The third kappa shape index (κ3) is 1.52. The minimum Gasteiger partial charge on any atom is -0.479 e. The van der Waals surface area contributed by atoms with E-state index in [1.807, 2.05) is 6.92 Å². The Morgan fingerprint density at radius 2 is 1.87 bits per heavy atom. The maximum absolute atomic E-state index is 11.5. The van der Waals surface area contributed by atoms with Crippen LogP contribution in [0.5, 0.6) is 0 Å². The Morgan fingerprint density at radius 1 is 1.33 bits per heavy atom. The van der Waals surface area contributed by atoms with Crippen molar-refractivity contribution in [2.45, 2.75) is 51.1 Å². The number of nitrogens with zero attached hydrogens (tertiary/aromatic N) is 1. The SMILES string of the molecule is CC(=O)N(C1CC1)C1(C(=O)O)CC(C)C1. The van der Waals surface area contributed by atoms with Crippen LogP contribution in [0.15, 0.2) is 0 Å². The zero-order chi connectivity index (χ0) is 11.2. The molecule has 2 aliphatic rings. The lowest BCUT2D eigenvalue weighted by molar-refractivity contribution is -0.170. The molecule has 0 heterocycles. The minimum atomic E-state index is -0.883. The molecule has 0 aromatic rings. The molecule has 0 spiro atoms. The van der Waals surface area contributed by atoms with E-state index in [4.69, 9.17) is 0 Å². The van der Waals surface area contributed by atoms with Crippen molar-refractivity contribution in [2.24, 2.45) is 5.92 Å². The molecule has 0 unspecified atom stereocenters. The summed E-state index contributed by atoms with van der Waals surface area (Å²) < 4.78 is 0. The van der Waals surface area contributed by atoms with Crippen molar-refractivity contribution in [3.05, 3.63) is 0 Å². The molecule has 4 heteroatoms. The van der Waals surface area contributed by atoms with Crippen molar-refractivity contribution in [1.29, 1.82) is 0 Å². The molecule has 1 N–H and O–H groups in total. The van der Waals surface area contributed by atoms with Gasteiger partial charge in [-0.05, 0) is 31.6 Å². The summed E-state index contributed by atoms with van der Waals surface area (Å²) in [5.74, 6) is -0.504. The summed E-state index contributed by atoms with van der Waals surface area (Å²) in [6.45, 7) is 3.51. The van der Waals surface area contributed by atoms with E-state index in [2.05, 4.69) is 0 Å². The predicted molar refractivity (Wildman–Crippen MR) is 54.3 cm³/mol. The molecule has 15 heavy (non-hydrogen) atoms. The van der Waals surface area contributed by atoms with Gasteiger partial charge in [-0.1, -0.05) is 6.92 Å². The van der Waals surface area contributed by atoms with Crippen LogP contribution < -0.4 is 0 Å². The van der Waals surface area contributed by atoms with Gasteiger partial charge in [0.2, 0.25) is 5.91 Å². The van der Waals surface area contributed by atoms with Crippen LogP contribution in [0.1, 0.15) is 39.5 Å². The number of amides is 1. The van der Waals surface area contributed by atoms with Crippen LogP contribution >= 0.6 is 0 Å². The summed E-state index contributed by atoms with van der Waals surface area (Å²) >= 11 is 0. The van der Waals surface area contributed by atoms with Crippen LogP contribution in [-0.4, -0.2) is 33.5 Å². The van der Waals surface area contributed by atoms with Crippen LogP contribution in [0.25, 0.3) is 0 Å². The van der Waals surface area contributed by atoms with Gasteiger partial charge in [0, 0.05) is 13.0 Å². The van der Waals surface area contributed by atoms with Crippen molar-refractivity contribution < 1.29 is 14.7 Å². The molecule has 84 valence electrons. The number of hydrogen-bond donors (Lipinski definition) is 1. The van der Waals surface area contributed by atoms with Crippen molar-refractivity contribution in [3.63, 3.8) is 0 Å². The molecule has 1 amide bonds. The Labute approximate surface area is 89.3 Å². The minimum absolute atomic E-state index is 0.0909. The van der Waals surface area contributed by atoms with E-state index < -0.39 is 11.5 Å². The lowest BCUT2D eigenvalue weighted by atomic mass is 9.67. The van der Waals surface area contributed by atoms with Gasteiger partial charge in [0.1, 0.15) is 5.54 Å². The maximum Gasteiger partial charge on any atom is 0.329 e. The van der Waals surface area contributed by atoms with Gasteiger partial charge in [-0.25, -0.2) is 4.79 Å². The van der Waals surface area contributed by atoms with Gasteiger partial charge in [0.25, 0.3) is 0 Å². The molecule has 2 rings (SSSR count). The average molecular weight is 211 g/mol. The van der Waals surface area contributed by atoms with E-state index in [1.54, 1.807) is 4.90 Å². The number of carboxylic acids is 1. The molecule has 0 aliphatic heterocycles. The predicted octanol–water partition coefficient (Wildman–Crippen LogP) is 1.25.